The number of rotatable bonds is 7. The Morgan fingerprint density at radius 3 is 1.67 bits per heavy atom. The Balaban J connectivity index is 0.000000218. The van der Waals surface area contributed by atoms with Gasteiger partial charge < -0.3 is 10.2 Å². The first-order chi connectivity index (χ1) is 18.1. The maximum absolute atomic E-state index is 11.8. The number of anilines is 2. The van der Waals surface area contributed by atoms with Crippen molar-refractivity contribution in [1.29, 1.82) is 0 Å². The molecule has 0 bridgehead atoms. The van der Waals surface area contributed by atoms with Crippen LogP contribution in [0.4, 0.5) is 11.4 Å². The Morgan fingerprint density at radius 1 is 0.872 bits per heavy atom. The second kappa shape index (κ2) is 12.0. The highest BCUT2D eigenvalue weighted by Gasteiger charge is 2.36. The van der Waals surface area contributed by atoms with Crippen molar-refractivity contribution >= 4 is 66.2 Å². The molecule has 4 rings (SSSR count). The molecule has 214 valence electrons. The van der Waals surface area contributed by atoms with E-state index in [0.29, 0.717) is 5.56 Å². The van der Waals surface area contributed by atoms with E-state index in [0.717, 1.165) is 19.9 Å². The van der Waals surface area contributed by atoms with Gasteiger partial charge in [-0.05, 0) is 41.6 Å². The standard InChI is InChI=1S/C12H16N2O5S2.C10H12N2O4S2/c1-8(2)20(17)7-9-3-4-10(11(15)5-9)14-6-12(16)13-21(14,18)19;1-17-6-7-2-3-8(9(13)4-7)12-5-10(14)11-18(12,15)16/h3-5,8,15H,6-7H2,1-2H3,(H,13,16);2-4,13H,5-6H2,1H3,(H,11,14). The number of benzene rings is 2. The summed E-state index contributed by atoms with van der Waals surface area (Å²) in [5.74, 6) is -0.690. The molecule has 2 saturated heterocycles. The van der Waals surface area contributed by atoms with Gasteiger partial charge in [0, 0.05) is 27.6 Å². The van der Waals surface area contributed by atoms with E-state index < -0.39 is 43.0 Å². The Morgan fingerprint density at radius 2 is 1.31 bits per heavy atom. The van der Waals surface area contributed by atoms with Crippen LogP contribution in [-0.4, -0.2) is 67.7 Å². The summed E-state index contributed by atoms with van der Waals surface area (Å²) in [6.45, 7) is 2.99. The highest BCUT2D eigenvalue weighted by atomic mass is 32.2. The third kappa shape index (κ3) is 7.34. The lowest BCUT2D eigenvalue weighted by molar-refractivity contribution is -0.118. The number of amides is 2. The topological polar surface area (TPSA) is 190 Å². The molecule has 0 saturated carbocycles. The maximum atomic E-state index is 11.8. The zero-order valence-corrected chi connectivity index (χ0v) is 24.4. The van der Waals surface area contributed by atoms with Crippen molar-refractivity contribution in [2.75, 3.05) is 28.0 Å². The minimum Gasteiger partial charge on any atom is -0.506 e. The third-order valence-corrected chi connectivity index (χ3v) is 10.5. The molecule has 2 fully saturated rings. The fraction of sp³-hybridized carbons (Fsp3) is 0.364. The van der Waals surface area contributed by atoms with E-state index in [4.69, 9.17) is 0 Å². The van der Waals surface area contributed by atoms with E-state index in [9.17, 15) is 40.8 Å². The van der Waals surface area contributed by atoms with Gasteiger partial charge in [-0.15, -0.1) is 0 Å². The number of nitrogens with zero attached hydrogens (tertiary/aromatic N) is 2. The van der Waals surface area contributed by atoms with Crippen molar-refractivity contribution in [3.63, 3.8) is 0 Å². The molecule has 39 heavy (non-hydrogen) atoms. The highest BCUT2D eigenvalue weighted by Crippen LogP contribution is 2.33. The summed E-state index contributed by atoms with van der Waals surface area (Å²) < 4.78 is 63.8. The van der Waals surface area contributed by atoms with E-state index in [2.05, 4.69) is 0 Å². The van der Waals surface area contributed by atoms with Gasteiger partial charge in [-0.25, -0.2) is 18.1 Å². The lowest BCUT2D eigenvalue weighted by Gasteiger charge is -2.16. The van der Waals surface area contributed by atoms with Gasteiger partial charge in [-0.1, -0.05) is 26.0 Å². The summed E-state index contributed by atoms with van der Waals surface area (Å²) in [7, 11) is -8.89. The molecule has 0 aliphatic carbocycles. The minimum atomic E-state index is -3.95. The van der Waals surface area contributed by atoms with Gasteiger partial charge in [-0.3, -0.25) is 13.8 Å². The van der Waals surface area contributed by atoms with Crippen LogP contribution in [0.2, 0.25) is 0 Å². The molecule has 2 aromatic rings. The molecule has 1 unspecified atom stereocenters. The molecule has 2 aromatic carbocycles. The van der Waals surface area contributed by atoms with E-state index in [1.54, 1.807) is 23.9 Å². The quantitative estimate of drug-likeness (QED) is 0.342. The summed E-state index contributed by atoms with van der Waals surface area (Å²) in [5.41, 5.74) is 1.66. The number of hydrogen-bond acceptors (Lipinski definition) is 10. The van der Waals surface area contributed by atoms with Crippen LogP contribution in [0.5, 0.6) is 11.5 Å². The predicted octanol–water partition coefficient (Wildman–Crippen LogP) is 0.667. The van der Waals surface area contributed by atoms with Crippen LogP contribution in [0, 0.1) is 0 Å². The Bertz CT molecular complexity index is 1510. The van der Waals surface area contributed by atoms with Gasteiger partial charge in [0.1, 0.15) is 24.6 Å². The summed E-state index contributed by atoms with van der Waals surface area (Å²) in [5, 5.41) is 19.8. The Labute approximate surface area is 233 Å². The van der Waals surface area contributed by atoms with Gasteiger partial charge in [-0.2, -0.15) is 28.6 Å². The molecule has 2 heterocycles. The Kier molecular flexibility index (Phi) is 9.40. The number of carbonyl (C=O) groups excluding carboxylic acids is 2. The molecule has 2 aliphatic rings. The summed E-state index contributed by atoms with van der Waals surface area (Å²) >= 11 is 1.59. The Hall–Kier alpha value is -3.02. The number of nitrogens with one attached hydrogen (secondary N) is 2. The van der Waals surface area contributed by atoms with E-state index >= 15 is 0 Å². The summed E-state index contributed by atoms with van der Waals surface area (Å²) in [6, 6.07) is 9.09. The first-order valence-corrected chi connectivity index (χ1v) is 17.0. The molecule has 17 heteroatoms. The van der Waals surface area contributed by atoms with Crippen LogP contribution >= 0.6 is 11.8 Å². The van der Waals surface area contributed by atoms with Crippen LogP contribution in [0.1, 0.15) is 25.0 Å². The van der Waals surface area contributed by atoms with Gasteiger partial charge >= 0.3 is 20.4 Å². The minimum absolute atomic E-state index is 0.00685. The van der Waals surface area contributed by atoms with Gasteiger partial charge in [0.05, 0.1) is 11.4 Å². The average molecular weight is 621 g/mol. The number of phenolic OH excluding ortho intramolecular Hbond substituents is 2. The monoisotopic (exact) mass is 620 g/mol. The van der Waals surface area contributed by atoms with Gasteiger partial charge in [0.15, 0.2) is 0 Å². The van der Waals surface area contributed by atoms with Crippen molar-refractivity contribution in [2.45, 2.75) is 30.6 Å². The average Bonchev–Trinajstić information content (AvgIpc) is 3.25. The highest BCUT2D eigenvalue weighted by molar-refractivity contribution is 7.97. The van der Waals surface area contributed by atoms with Gasteiger partial charge in [0.2, 0.25) is 0 Å². The van der Waals surface area contributed by atoms with E-state index in [1.165, 1.54) is 24.3 Å². The van der Waals surface area contributed by atoms with Crippen molar-refractivity contribution < 1.29 is 40.8 Å². The normalized spacial score (nSPS) is 18.4. The van der Waals surface area contributed by atoms with E-state index in [1.807, 2.05) is 29.5 Å². The number of carbonyl (C=O) groups is 2. The van der Waals surface area contributed by atoms with Crippen molar-refractivity contribution in [3.8, 4) is 11.5 Å². The molecule has 0 spiro atoms. The second-order valence-corrected chi connectivity index (χ2v) is 14.8. The molecular formula is C22H28N4O9S4. The van der Waals surface area contributed by atoms with Crippen LogP contribution in [0.3, 0.4) is 0 Å². The zero-order valence-electron chi connectivity index (χ0n) is 21.1. The molecule has 1 atom stereocenters. The molecule has 13 nitrogen and oxygen atoms in total. The van der Waals surface area contributed by atoms with Crippen LogP contribution in [0.15, 0.2) is 36.4 Å². The maximum Gasteiger partial charge on any atom is 0.326 e. The van der Waals surface area contributed by atoms with Crippen LogP contribution in [0.25, 0.3) is 0 Å². The first-order valence-electron chi connectivity index (χ1n) is 11.3. The number of thioether (sulfide) groups is 1. The molecule has 0 aromatic heterocycles. The molecule has 0 radical (unpaired) electrons. The third-order valence-electron chi connectivity index (χ3n) is 5.40. The summed E-state index contributed by atoms with van der Waals surface area (Å²) in [4.78, 5) is 22.3. The largest absolute Gasteiger partial charge is 0.506 e. The lowest BCUT2D eigenvalue weighted by Crippen LogP contribution is -2.29. The number of phenols is 2. The summed E-state index contributed by atoms with van der Waals surface area (Å²) in [6.07, 6.45) is 1.93. The molecular weight excluding hydrogens is 593 g/mol. The SMILES string of the molecule is CC(C)S(=O)Cc1ccc(N2CC(=O)NS2(=O)=O)c(O)c1.CSCc1ccc(N2CC(=O)NS2(=O)=O)c(O)c1. The number of aromatic hydroxyl groups is 2. The van der Waals surface area contributed by atoms with Crippen LogP contribution in [-0.2, 0) is 52.3 Å². The zero-order chi connectivity index (χ0) is 29.1. The second-order valence-electron chi connectivity index (χ2n) is 8.73. The smallest absolute Gasteiger partial charge is 0.326 e. The lowest BCUT2D eigenvalue weighted by atomic mass is 10.2. The molecule has 2 aliphatic heterocycles. The van der Waals surface area contributed by atoms with Crippen molar-refractivity contribution in [2.24, 2.45) is 0 Å². The molecule has 2 amide bonds. The first kappa shape index (κ1) is 30.5. The molecule has 4 N–H and O–H groups in total. The van der Waals surface area contributed by atoms with Gasteiger partial charge in [0.25, 0.3) is 11.8 Å². The predicted molar refractivity (Wildman–Crippen MR) is 149 cm³/mol. The van der Waals surface area contributed by atoms with Crippen molar-refractivity contribution in [1.82, 2.24) is 9.44 Å². The number of hydrogen-bond donors (Lipinski definition) is 4. The van der Waals surface area contributed by atoms with Crippen molar-refractivity contribution in [3.05, 3.63) is 47.5 Å². The van der Waals surface area contributed by atoms with E-state index in [-0.39, 0.29) is 47.0 Å². The fourth-order valence-electron chi connectivity index (χ4n) is 3.56. The van der Waals surface area contributed by atoms with Crippen LogP contribution < -0.4 is 18.1 Å². The fourth-order valence-corrected chi connectivity index (χ4v) is 7.24.